The van der Waals surface area contributed by atoms with Crippen molar-refractivity contribution in [2.24, 2.45) is 0 Å². The highest BCUT2D eigenvalue weighted by Crippen LogP contribution is 2.24. The number of hydrogen-bond donors (Lipinski definition) is 0. The summed E-state index contributed by atoms with van der Waals surface area (Å²) in [4.78, 5) is 11.6. The molecule has 6 heteroatoms. The van der Waals surface area contributed by atoms with Crippen molar-refractivity contribution in [3.8, 4) is 6.19 Å². The van der Waals surface area contributed by atoms with Gasteiger partial charge < -0.3 is 4.90 Å². The molecule has 96 valence electrons. The monoisotopic (exact) mass is 317 g/mol. The van der Waals surface area contributed by atoms with Crippen molar-refractivity contribution in [1.29, 1.82) is 5.26 Å². The molecule has 0 N–H and O–H groups in total. The maximum Gasteiger partial charge on any atom is 0.185 e. The van der Waals surface area contributed by atoms with E-state index in [9.17, 15) is 0 Å². The van der Waals surface area contributed by atoms with Crippen molar-refractivity contribution in [1.82, 2.24) is 9.97 Å². The Morgan fingerprint density at radius 1 is 1.11 bits per heavy atom. The number of rotatable bonds is 3. The molecule has 0 aliphatic heterocycles. The van der Waals surface area contributed by atoms with Gasteiger partial charge in [-0.05, 0) is 24.3 Å². The summed E-state index contributed by atoms with van der Waals surface area (Å²) in [6.07, 6.45) is 3.47. The minimum absolute atomic E-state index is 0.566. The molecule has 0 aliphatic carbocycles. The fourth-order valence-corrected chi connectivity index (χ4v) is 1.82. The number of anilines is 3. The fourth-order valence-electron chi connectivity index (χ4n) is 1.55. The van der Waals surface area contributed by atoms with Crippen molar-refractivity contribution < 1.29 is 0 Å². The van der Waals surface area contributed by atoms with Crippen molar-refractivity contribution in [2.45, 2.75) is 0 Å². The van der Waals surface area contributed by atoms with Crippen LogP contribution in [-0.4, -0.2) is 24.1 Å². The van der Waals surface area contributed by atoms with Crippen LogP contribution >= 0.6 is 15.9 Å². The molecule has 0 fully saturated rings. The van der Waals surface area contributed by atoms with Crippen LogP contribution in [0, 0.1) is 11.5 Å². The Kier molecular flexibility index (Phi) is 3.97. The van der Waals surface area contributed by atoms with Crippen LogP contribution in [0.5, 0.6) is 0 Å². The Morgan fingerprint density at radius 3 is 2.37 bits per heavy atom. The quantitative estimate of drug-likeness (QED) is 0.643. The largest absolute Gasteiger partial charge is 0.329 e. The molecule has 1 aromatic heterocycles. The molecule has 0 amide bonds. The maximum atomic E-state index is 8.86. The van der Waals surface area contributed by atoms with Gasteiger partial charge in [-0.3, -0.25) is 4.90 Å². The van der Waals surface area contributed by atoms with E-state index in [1.807, 2.05) is 42.4 Å². The minimum atomic E-state index is 0.566. The molecule has 5 nitrogen and oxygen atoms in total. The first-order valence-electron chi connectivity index (χ1n) is 5.56. The van der Waals surface area contributed by atoms with Crippen LogP contribution in [0.25, 0.3) is 0 Å². The number of aromatic nitrogens is 2. The summed E-state index contributed by atoms with van der Waals surface area (Å²) in [5, 5.41) is 8.86. The molecule has 2 rings (SSSR count). The third-order valence-electron chi connectivity index (χ3n) is 2.69. The van der Waals surface area contributed by atoms with Gasteiger partial charge in [-0.2, -0.15) is 5.26 Å². The van der Waals surface area contributed by atoms with Crippen LogP contribution in [0.4, 0.5) is 17.3 Å². The average molecular weight is 318 g/mol. The van der Waals surface area contributed by atoms with E-state index in [0.29, 0.717) is 5.82 Å². The van der Waals surface area contributed by atoms with Gasteiger partial charge >= 0.3 is 0 Å². The lowest BCUT2D eigenvalue weighted by Crippen LogP contribution is -2.14. The minimum Gasteiger partial charge on any atom is -0.329 e. The number of nitrogens with zero attached hydrogens (tertiary/aromatic N) is 5. The van der Waals surface area contributed by atoms with E-state index in [0.717, 1.165) is 16.0 Å². The second-order valence-electron chi connectivity index (χ2n) is 3.93. The molecule has 0 radical (unpaired) electrons. The zero-order chi connectivity index (χ0) is 13.8. The van der Waals surface area contributed by atoms with Gasteiger partial charge in [0.15, 0.2) is 6.19 Å². The molecule has 1 aromatic carbocycles. The van der Waals surface area contributed by atoms with Crippen LogP contribution in [0.1, 0.15) is 0 Å². The Morgan fingerprint density at radius 2 is 1.74 bits per heavy atom. The average Bonchev–Trinajstić information content (AvgIpc) is 2.46. The van der Waals surface area contributed by atoms with E-state index in [1.165, 1.54) is 11.2 Å². The predicted octanol–water partition coefficient (Wildman–Crippen LogP) is 2.92. The SMILES string of the molecule is CN(C#N)c1cc(N(C)c2ccc(Br)cc2)ncn1. The molecule has 19 heavy (non-hydrogen) atoms. The normalized spacial score (nSPS) is 9.79. The van der Waals surface area contributed by atoms with E-state index in [1.54, 1.807) is 13.1 Å². The maximum absolute atomic E-state index is 8.86. The lowest BCUT2D eigenvalue weighted by molar-refractivity contribution is 1.04. The van der Waals surface area contributed by atoms with Crippen LogP contribution in [-0.2, 0) is 0 Å². The van der Waals surface area contributed by atoms with E-state index in [-0.39, 0.29) is 0 Å². The molecule has 0 saturated carbocycles. The number of benzene rings is 1. The van der Waals surface area contributed by atoms with Gasteiger partial charge in [-0.1, -0.05) is 15.9 Å². The van der Waals surface area contributed by atoms with Gasteiger partial charge in [0.2, 0.25) is 0 Å². The summed E-state index contributed by atoms with van der Waals surface area (Å²) in [6.45, 7) is 0. The standard InChI is InChI=1S/C13H12BrN5/c1-18(8-15)12-7-13(17-9-16-12)19(2)11-5-3-10(14)4-6-11/h3-7,9H,1-2H3. The van der Waals surface area contributed by atoms with Crippen LogP contribution in [0.15, 0.2) is 41.1 Å². The predicted molar refractivity (Wildman–Crippen MR) is 78.3 cm³/mol. The zero-order valence-corrected chi connectivity index (χ0v) is 12.2. The zero-order valence-electron chi connectivity index (χ0n) is 10.6. The lowest BCUT2D eigenvalue weighted by Gasteiger charge is -2.19. The van der Waals surface area contributed by atoms with E-state index >= 15 is 0 Å². The molecular weight excluding hydrogens is 306 g/mol. The Balaban J connectivity index is 2.31. The Hall–Kier alpha value is -2.13. The molecule has 1 heterocycles. The molecule has 0 atom stereocenters. The van der Waals surface area contributed by atoms with Gasteiger partial charge in [0.1, 0.15) is 18.0 Å². The van der Waals surface area contributed by atoms with Crippen molar-refractivity contribution >= 4 is 33.3 Å². The summed E-state index contributed by atoms with van der Waals surface area (Å²) in [6, 6.07) is 9.68. The summed E-state index contributed by atoms with van der Waals surface area (Å²) >= 11 is 3.40. The number of nitriles is 1. The molecule has 2 aromatic rings. The second kappa shape index (κ2) is 5.67. The summed E-state index contributed by atoms with van der Waals surface area (Å²) < 4.78 is 1.03. The van der Waals surface area contributed by atoms with Crippen LogP contribution < -0.4 is 9.80 Å². The molecular formula is C13H12BrN5. The fraction of sp³-hybridized carbons (Fsp3) is 0.154. The van der Waals surface area contributed by atoms with Gasteiger partial charge in [0.25, 0.3) is 0 Å². The van der Waals surface area contributed by atoms with Crippen molar-refractivity contribution in [3.05, 3.63) is 41.1 Å². The third kappa shape index (κ3) is 3.01. The second-order valence-corrected chi connectivity index (χ2v) is 4.84. The number of halogens is 1. The number of hydrogen-bond acceptors (Lipinski definition) is 5. The van der Waals surface area contributed by atoms with Crippen molar-refractivity contribution in [2.75, 3.05) is 23.9 Å². The molecule has 0 unspecified atom stereocenters. The molecule has 0 bridgehead atoms. The first-order valence-corrected chi connectivity index (χ1v) is 6.36. The molecule has 0 saturated heterocycles. The van der Waals surface area contributed by atoms with E-state index in [2.05, 4.69) is 25.9 Å². The smallest absolute Gasteiger partial charge is 0.185 e. The highest BCUT2D eigenvalue weighted by molar-refractivity contribution is 9.10. The third-order valence-corrected chi connectivity index (χ3v) is 3.22. The van der Waals surface area contributed by atoms with E-state index in [4.69, 9.17) is 5.26 Å². The van der Waals surface area contributed by atoms with Gasteiger partial charge in [0, 0.05) is 30.3 Å². The highest BCUT2D eigenvalue weighted by atomic mass is 79.9. The highest BCUT2D eigenvalue weighted by Gasteiger charge is 2.08. The molecule has 0 spiro atoms. The molecule has 0 aliphatic rings. The first kappa shape index (κ1) is 13.3. The Bertz CT molecular complexity index is 605. The summed E-state index contributed by atoms with van der Waals surface area (Å²) in [5.74, 6) is 1.30. The first-order chi connectivity index (χ1) is 9.11. The summed E-state index contributed by atoms with van der Waals surface area (Å²) in [7, 11) is 3.58. The van der Waals surface area contributed by atoms with Crippen molar-refractivity contribution in [3.63, 3.8) is 0 Å². The lowest BCUT2D eigenvalue weighted by atomic mass is 10.3. The Labute approximate surface area is 120 Å². The van der Waals surface area contributed by atoms with Crippen LogP contribution in [0.3, 0.4) is 0 Å². The van der Waals surface area contributed by atoms with Gasteiger partial charge in [-0.25, -0.2) is 9.97 Å². The van der Waals surface area contributed by atoms with Gasteiger partial charge in [-0.15, -0.1) is 0 Å². The van der Waals surface area contributed by atoms with Crippen LogP contribution in [0.2, 0.25) is 0 Å². The van der Waals surface area contributed by atoms with E-state index < -0.39 is 0 Å². The van der Waals surface area contributed by atoms with Gasteiger partial charge in [0.05, 0.1) is 0 Å². The topological polar surface area (TPSA) is 56.1 Å². The summed E-state index contributed by atoms with van der Waals surface area (Å²) in [5.41, 5.74) is 1.01.